The number of methoxy groups -OCH3 is 1. The molecular formula is C10H15ClN2O3S. The Hall–Kier alpha value is -0.850. The number of ether oxygens (including phenoxy) is 1. The van der Waals surface area contributed by atoms with Crippen molar-refractivity contribution in [2.75, 3.05) is 31.7 Å². The molecule has 1 rings (SSSR count). The number of aliphatic hydroxyl groups is 1. The number of carbonyl (C=O) groups is 1. The van der Waals surface area contributed by atoms with E-state index in [2.05, 4.69) is 9.72 Å². The maximum absolute atomic E-state index is 11.4. The summed E-state index contributed by atoms with van der Waals surface area (Å²) < 4.78 is 4.61. The molecule has 0 spiro atoms. The summed E-state index contributed by atoms with van der Waals surface area (Å²) in [6, 6.07) is 0. The number of aliphatic hydroxyl groups excluding tert-OH is 1. The van der Waals surface area contributed by atoms with E-state index in [4.69, 9.17) is 16.7 Å². The molecule has 0 aliphatic carbocycles. The van der Waals surface area contributed by atoms with Crippen molar-refractivity contribution in [3.63, 3.8) is 0 Å². The quantitative estimate of drug-likeness (QED) is 0.804. The maximum atomic E-state index is 11.4. The van der Waals surface area contributed by atoms with Gasteiger partial charge in [0.25, 0.3) is 0 Å². The Morgan fingerprint density at radius 3 is 2.82 bits per heavy atom. The molecule has 0 atom stereocenters. The molecule has 0 saturated carbocycles. The lowest BCUT2D eigenvalue weighted by atomic mass is 10.4. The standard InChI is InChI=1S/C10H15ClN2O3S/c1-3-4-13(5-6-14)10-12-8(11)7(17-10)9(15)16-2/h14H,3-6H2,1-2H3. The number of rotatable bonds is 6. The first-order chi connectivity index (χ1) is 8.13. The number of thiazole rings is 1. The van der Waals surface area contributed by atoms with Crippen LogP contribution in [0.4, 0.5) is 5.13 Å². The van der Waals surface area contributed by atoms with Gasteiger partial charge >= 0.3 is 5.97 Å². The first kappa shape index (κ1) is 14.2. The normalized spacial score (nSPS) is 10.4. The third-order valence-electron chi connectivity index (χ3n) is 2.08. The van der Waals surface area contributed by atoms with Crippen molar-refractivity contribution >= 4 is 34.0 Å². The number of nitrogens with zero attached hydrogens (tertiary/aromatic N) is 2. The molecule has 0 aliphatic rings. The van der Waals surface area contributed by atoms with E-state index >= 15 is 0 Å². The highest BCUT2D eigenvalue weighted by Gasteiger charge is 2.20. The molecule has 1 aromatic rings. The molecular weight excluding hydrogens is 264 g/mol. The summed E-state index contributed by atoms with van der Waals surface area (Å²) in [7, 11) is 1.30. The third kappa shape index (κ3) is 3.55. The van der Waals surface area contributed by atoms with E-state index in [1.54, 1.807) is 0 Å². The van der Waals surface area contributed by atoms with Crippen LogP contribution in [0.5, 0.6) is 0 Å². The monoisotopic (exact) mass is 278 g/mol. The van der Waals surface area contributed by atoms with Gasteiger partial charge in [0.05, 0.1) is 13.7 Å². The van der Waals surface area contributed by atoms with Crippen LogP contribution >= 0.6 is 22.9 Å². The van der Waals surface area contributed by atoms with Gasteiger partial charge in [0, 0.05) is 13.1 Å². The van der Waals surface area contributed by atoms with Crippen LogP contribution in [0.3, 0.4) is 0 Å². The van der Waals surface area contributed by atoms with Gasteiger partial charge in [-0.1, -0.05) is 29.9 Å². The smallest absolute Gasteiger partial charge is 0.351 e. The highest BCUT2D eigenvalue weighted by molar-refractivity contribution is 7.18. The maximum Gasteiger partial charge on any atom is 0.351 e. The summed E-state index contributed by atoms with van der Waals surface area (Å²) in [6.07, 6.45) is 0.921. The summed E-state index contributed by atoms with van der Waals surface area (Å²) in [4.78, 5) is 17.7. The first-order valence-electron chi connectivity index (χ1n) is 5.24. The van der Waals surface area contributed by atoms with Crippen molar-refractivity contribution in [2.45, 2.75) is 13.3 Å². The SMILES string of the molecule is CCCN(CCO)c1nc(Cl)c(C(=O)OC)s1. The van der Waals surface area contributed by atoms with Crippen LogP contribution in [0, 0.1) is 0 Å². The van der Waals surface area contributed by atoms with Crippen molar-refractivity contribution in [3.05, 3.63) is 10.0 Å². The van der Waals surface area contributed by atoms with Crippen molar-refractivity contribution in [1.82, 2.24) is 4.98 Å². The Morgan fingerprint density at radius 1 is 1.59 bits per heavy atom. The summed E-state index contributed by atoms with van der Waals surface area (Å²) in [5.41, 5.74) is 0. The fourth-order valence-corrected chi connectivity index (χ4v) is 2.59. The van der Waals surface area contributed by atoms with Gasteiger partial charge in [-0.2, -0.15) is 0 Å². The van der Waals surface area contributed by atoms with Crippen LogP contribution in [0.2, 0.25) is 5.15 Å². The second-order valence-corrected chi connectivity index (χ2v) is 4.65. The third-order valence-corrected chi connectivity index (χ3v) is 3.56. The molecule has 17 heavy (non-hydrogen) atoms. The predicted molar refractivity (Wildman–Crippen MR) is 68.1 cm³/mol. The number of halogens is 1. The topological polar surface area (TPSA) is 62.7 Å². The molecule has 1 aromatic heterocycles. The number of hydrogen-bond donors (Lipinski definition) is 1. The van der Waals surface area contributed by atoms with Gasteiger partial charge in [0.15, 0.2) is 15.2 Å². The number of hydrogen-bond acceptors (Lipinski definition) is 6. The number of esters is 1. The molecule has 0 unspecified atom stereocenters. The predicted octanol–water partition coefficient (Wildman–Crippen LogP) is 1.79. The van der Waals surface area contributed by atoms with E-state index in [-0.39, 0.29) is 11.8 Å². The van der Waals surface area contributed by atoms with Crippen LogP contribution in [-0.2, 0) is 4.74 Å². The van der Waals surface area contributed by atoms with E-state index in [0.717, 1.165) is 13.0 Å². The average molecular weight is 279 g/mol. The van der Waals surface area contributed by atoms with E-state index in [0.29, 0.717) is 16.6 Å². The van der Waals surface area contributed by atoms with Gasteiger partial charge < -0.3 is 14.7 Å². The van der Waals surface area contributed by atoms with Gasteiger partial charge in [0.1, 0.15) is 0 Å². The zero-order chi connectivity index (χ0) is 12.8. The summed E-state index contributed by atoms with van der Waals surface area (Å²) in [6.45, 7) is 3.29. The van der Waals surface area contributed by atoms with Crippen LogP contribution in [0.1, 0.15) is 23.0 Å². The van der Waals surface area contributed by atoms with Crippen molar-refractivity contribution in [2.24, 2.45) is 0 Å². The van der Waals surface area contributed by atoms with E-state index in [1.807, 2.05) is 11.8 Å². The molecule has 0 saturated heterocycles. The number of carbonyl (C=O) groups excluding carboxylic acids is 1. The van der Waals surface area contributed by atoms with Crippen LogP contribution in [0.25, 0.3) is 0 Å². The Balaban J connectivity index is 2.93. The van der Waals surface area contributed by atoms with Gasteiger partial charge in [-0.25, -0.2) is 9.78 Å². The second kappa shape index (κ2) is 6.78. The molecule has 96 valence electrons. The highest BCUT2D eigenvalue weighted by Crippen LogP contribution is 2.30. The molecule has 0 fully saturated rings. The molecule has 1 heterocycles. The van der Waals surface area contributed by atoms with Crippen molar-refractivity contribution in [3.8, 4) is 0 Å². The van der Waals surface area contributed by atoms with Crippen LogP contribution in [-0.4, -0.2) is 42.9 Å². The Labute approximate surface area is 109 Å². The summed E-state index contributed by atoms with van der Waals surface area (Å²) in [5.74, 6) is -0.487. The van der Waals surface area contributed by atoms with Crippen molar-refractivity contribution < 1.29 is 14.6 Å². The van der Waals surface area contributed by atoms with Gasteiger partial charge in [-0.3, -0.25) is 0 Å². The van der Waals surface area contributed by atoms with Gasteiger partial charge in [0.2, 0.25) is 0 Å². The lowest BCUT2D eigenvalue weighted by Gasteiger charge is -2.19. The Morgan fingerprint density at radius 2 is 2.29 bits per heavy atom. The average Bonchev–Trinajstić information content (AvgIpc) is 2.70. The first-order valence-corrected chi connectivity index (χ1v) is 6.43. The summed E-state index contributed by atoms with van der Waals surface area (Å²) in [5, 5.41) is 9.75. The minimum absolute atomic E-state index is 0.0325. The molecule has 0 amide bonds. The lowest BCUT2D eigenvalue weighted by molar-refractivity contribution is 0.0606. The van der Waals surface area contributed by atoms with Crippen molar-refractivity contribution in [1.29, 1.82) is 0 Å². The molecule has 0 bridgehead atoms. The molecule has 7 heteroatoms. The fourth-order valence-electron chi connectivity index (χ4n) is 1.34. The van der Waals surface area contributed by atoms with Gasteiger partial charge in [-0.05, 0) is 6.42 Å². The molecule has 0 aliphatic heterocycles. The molecule has 1 N–H and O–H groups in total. The van der Waals surface area contributed by atoms with E-state index in [9.17, 15) is 4.79 Å². The molecule has 5 nitrogen and oxygen atoms in total. The number of anilines is 1. The minimum Gasteiger partial charge on any atom is -0.465 e. The van der Waals surface area contributed by atoms with E-state index in [1.165, 1.54) is 18.4 Å². The zero-order valence-electron chi connectivity index (χ0n) is 9.77. The van der Waals surface area contributed by atoms with Crippen LogP contribution in [0.15, 0.2) is 0 Å². The molecule has 0 aromatic carbocycles. The fraction of sp³-hybridized carbons (Fsp3) is 0.600. The number of aromatic nitrogens is 1. The second-order valence-electron chi connectivity index (χ2n) is 3.32. The molecule has 0 radical (unpaired) electrons. The largest absolute Gasteiger partial charge is 0.465 e. The Kier molecular flexibility index (Phi) is 5.67. The lowest BCUT2D eigenvalue weighted by Crippen LogP contribution is -2.27. The van der Waals surface area contributed by atoms with E-state index < -0.39 is 5.97 Å². The Bertz CT molecular complexity index is 378. The van der Waals surface area contributed by atoms with Crippen LogP contribution < -0.4 is 4.90 Å². The highest BCUT2D eigenvalue weighted by atomic mass is 35.5. The zero-order valence-corrected chi connectivity index (χ0v) is 11.3. The van der Waals surface area contributed by atoms with Gasteiger partial charge in [-0.15, -0.1) is 0 Å². The summed E-state index contributed by atoms with van der Waals surface area (Å²) >= 11 is 7.05. The minimum atomic E-state index is -0.487.